The number of hydrogen-bond donors (Lipinski definition) is 0. The van der Waals surface area contributed by atoms with E-state index in [4.69, 9.17) is 16.3 Å². The summed E-state index contributed by atoms with van der Waals surface area (Å²) in [4.78, 5) is 15.0. The summed E-state index contributed by atoms with van der Waals surface area (Å²) < 4.78 is 29.6. The number of halogens is 1. The highest BCUT2D eigenvalue weighted by Gasteiger charge is 2.36. The van der Waals surface area contributed by atoms with Crippen LogP contribution in [0, 0.1) is 0 Å². The van der Waals surface area contributed by atoms with E-state index < -0.39 is 9.84 Å². The van der Waals surface area contributed by atoms with Gasteiger partial charge in [0.15, 0.2) is 9.84 Å². The summed E-state index contributed by atoms with van der Waals surface area (Å²) in [5.74, 6) is 0.313. The van der Waals surface area contributed by atoms with Crippen LogP contribution >= 0.6 is 11.6 Å². The number of benzene rings is 2. The second-order valence-electron chi connectivity index (χ2n) is 6.51. The van der Waals surface area contributed by atoms with Crippen LogP contribution < -0.4 is 4.74 Å². The van der Waals surface area contributed by atoms with Crippen LogP contribution in [0.3, 0.4) is 0 Å². The molecule has 1 amide bonds. The van der Waals surface area contributed by atoms with Gasteiger partial charge in [0.1, 0.15) is 5.75 Å². The zero-order chi connectivity index (χ0) is 19.4. The van der Waals surface area contributed by atoms with Gasteiger partial charge in [-0.1, -0.05) is 41.9 Å². The van der Waals surface area contributed by atoms with Gasteiger partial charge in [-0.3, -0.25) is 4.79 Å². The summed E-state index contributed by atoms with van der Waals surface area (Å²) in [7, 11) is -3.14. The molecule has 0 saturated carbocycles. The molecule has 7 heteroatoms. The first-order chi connectivity index (χ1) is 12.9. The number of sulfone groups is 1. The van der Waals surface area contributed by atoms with Crippen molar-refractivity contribution in [2.24, 2.45) is 0 Å². The number of carbonyl (C=O) groups excluding carboxylic acids is 1. The molecule has 0 radical (unpaired) electrons. The Labute approximate surface area is 164 Å². The molecular formula is C20H22ClNO4S. The van der Waals surface area contributed by atoms with E-state index in [9.17, 15) is 13.2 Å². The predicted octanol–water partition coefficient (Wildman–Crippen LogP) is 3.57. The largest absolute Gasteiger partial charge is 0.493 e. The first-order valence-electron chi connectivity index (χ1n) is 8.88. The number of ether oxygens (including phenoxy) is 1. The third-order valence-corrected chi connectivity index (χ3v) is 6.74. The van der Waals surface area contributed by atoms with E-state index in [-0.39, 0.29) is 30.0 Å². The Kier molecular flexibility index (Phi) is 6.07. The molecule has 0 bridgehead atoms. The number of para-hydroxylation sites is 1. The molecule has 0 N–H and O–H groups in total. The van der Waals surface area contributed by atoms with Crippen molar-refractivity contribution in [3.8, 4) is 5.75 Å². The van der Waals surface area contributed by atoms with Gasteiger partial charge >= 0.3 is 0 Å². The summed E-state index contributed by atoms with van der Waals surface area (Å²) in [6.07, 6.45) is 0.426. The first-order valence-corrected chi connectivity index (χ1v) is 11.1. The zero-order valence-corrected chi connectivity index (χ0v) is 16.7. The fraction of sp³-hybridized carbons (Fsp3) is 0.350. The number of carbonyl (C=O) groups is 1. The maximum absolute atomic E-state index is 13.4. The van der Waals surface area contributed by atoms with Gasteiger partial charge in [-0.15, -0.1) is 0 Å². The number of nitrogens with zero attached hydrogens (tertiary/aromatic N) is 1. The number of amides is 1. The molecule has 0 unspecified atom stereocenters. The quantitative estimate of drug-likeness (QED) is 0.734. The summed E-state index contributed by atoms with van der Waals surface area (Å²) in [5, 5.41) is 0.550. The molecule has 0 aliphatic carbocycles. The molecule has 0 spiro atoms. The van der Waals surface area contributed by atoms with Crippen LogP contribution in [0.5, 0.6) is 5.75 Å². The van der Waals surface area contributed by atoms with Crippen LogP contribution in [0.2, 0.25) is 5.02 Å². The third kappa shape index (κ3) is 4.62. The van der Waals surface area contributed by atoms with Gasteiger partial charge in [0, 0.05) is 17.6 Å². The minimum absolute atomic E-state index is 0.0278. The summed E-state index contributed by atoms with van der Waals surface area (Å²) in [6.45, 7) is 2.54. The van der Waals surface area contributed by atoms with E-state index in [1.807, 2.05) is 25.1 Å². The summed E-state index contributed by atoms with van der Waals surface area (Å²) in [6, 6.07) is 13.9. The van der Waals surface area contributed by atoms with Crippen LogP contribution in [0.25, 0.3) is 0 Å². The van der Waals surface area contributed by atoms with Crippen LogP contribution in [0.15, 0.2) is 48.5 Å². The average molecular weight is 408 g/mol. The molecular weight excluding hydrogens is 386 g/mol. The van der Waals surface area contributed by atoms with Crippen LogP contribution in [0.4, 0.5) is 0 Å². The summed E-state index contributed by atoms with van der Waals surface area (Å²) in [5.41, 5.74) is 1.21. The van der Waals surface area contributed by atoms with E-state index in [2.05, 4.69) is 0 Å². The molecule has 144 valence electrons. The topological polar surface area (TPSA) is 63.7 Å². The Morgan fingerprint density at radius 3 is 2.56 bits per heavy atom. The van der Waals surface area contributed by atoms with Gasteiger partial charge in [-0.2, -0.15) is 0 Å². The Bertz CT molecular complexity index is 929. The van der Waals surface area contributed by atoms with Gasteiger partial charge in [0.25, 0.3) is 5.91 Å². The maximum atomic E-state index is 13.4. The van der Waals surface area contributed by atoms with Crippen molar-refractivity contribution >= 4 is 27.3 Å². The van der Waals surface area contributed by atoms with Crippen LogP contribution in [0.1, 0.15) is 29.3 Å². The zero-order valence-electron chi connectivity index (χ0n) is 15.1. The minimum Gasteiger partial charge on any atom is -0.493 e. The second-order valence-corrected chi connectivity index (χ2v) is 9.15. The second kappa shape index (κ2) is 8.31. The molecule has 5 nitrogen and oxygen atoms in total. The third-order valence-electron chi connectivity index (χ3n) is 4.63. The lowest BCUT2D eigenvalue weighted by Crippen LogP contribution is -2.40. The van der Waals surface area contributed by atoms with Crippen molar-refractivity contribution in [1.29, 1.82) is 0 Å². The molecule has 1 aliphatic rings. The fourth-order valence-electron chi connectivity index (χ4n) is 3.28. The monoisotopic (exact) mass is 407 g/mol. The molecule has 1 atom stereocenters. The van der Waals surface area contributed by atoms with Gasteiger partial charge in [0.2, 0.25) is 0 Å². The predicted molar refractivity (Wildman–Crippen MR) is 106 cm³/mol. The maximum Gasteiger partial charge on any atom is 0.258 e. The summed E-state index contributed by atoms with van der Waals surface area (Å²) >= 11 is 6.28. The number of rotatable bonds is 6. The Balaban J connectivity index is 1.97. The van der Waals surface area contributed by atoms with Crippen molar-refractivity contribution in [1.82, 2.24) is 4.90 Å². The van der Waals surface area contributed by atoms with Crippen LogP contribution in [-0.2, 0) is 16.4 Å². The molecule has 3 rings (SSSR count). The smallest absolute Gasteiger partial charge is 0.258 e. The Morgan fingerprint density at radius 1 is 1.19 bits per heavy atom. The van der Waals surface area contributed by atoms with E-state index >= 15 is 0 Å². The van der Waals surface area contributed by atoms with E-state index in [1.165, 1.54) is 0 Å². The van der Waals surface area contributed by atoms with E-state index in [1.54, 1.807) is 35.2 Å². The highest BCUT2D eigenvalue weighted by Crippen LogP contribution is 2.27. The van der Waals surface area contributed by atoms with Crippen molar-refractivity contribution in [3.63, 3.8) is 0 Å². The van der Waals surface area contributed by atoms with Gasteiger partial charge in [-0.05, 0) is 37.1 Å². The average Bonchev–Trinajstić information content (AvgIpc) is 3.01. The van der Waals surface area contributed by atoms with E-state index in [0.29, 0.717) is 29.4 Å². The molecule has 1 heterocycles. The van der Waals surface area contributed by atoms with Crippen molar-refractivity contribution in [3.05, 3.63) is 64.7 Å². The lowest BCUT2D eigenvalue weighted by molar-refractivity contribution is 0.0677. The van der Waals surface area contributed by atoms with Gasteiger partial charge in [0.05, 0.1) is 23.7 Å². The van der Waals surface area contributed by atoms with E-state index in [0.717, 1.165) is 5.56 Å². The molecule has 27 heavy (non-hydrogen) atoms. The SMILES string of the molecule is CCOc1ccccc1C(=O)N(Cc1ccccc1Cl)[C@H]1CCS(=O)(=O)C1. The molecule has 1 saturated heterocycles. The van der Waals surface area contributed by atoms with Gasteiger partial charge in [-0.25, -0.2) is 8.42 Å². The number of hydrogen-bond acceptors (Lipinski definition) is 4. The molecule has 2 aromatic rings. The Morgan fingerprint density at radius 2 is 1.89 bits per heavy atom. The molecule has 1 fully saturated rings. The normalized spacial score (nSPS) is 18.2. The lowest BCUT2D eigenvalue weighted by atomic mass is 10.1. The molecule has 2 aromatic carbocycles. The van der Waals surface area contributed by atoms with Crippen molar-refractivity contribution < 1.29 is 17.9 Å². The van der Waals surface area contributed by atoms with Crippen molar-refractivity contribution in [2.75, 3.05) is 18.1 Å². The fourth-order valence-corrected chi connectivity index (χ4v) is 5.20. The van der Waals surface area contributed by atoms with Crippen LogP contribution in [-0.4, -0.2) is 43.4 Å². The lowest BCUT2D eigenvalue weighted by Gasteiger charge is -2.29. The molecule has 0 aromatic heterocycles. The highest BCUT2D eigenvalue weighted by molar-refractivity contribution is 7.91. The minimum atomic E-state index is -3.14. The standard InChI is InChI=1S/C20H22ClNO4S/c1-2-26-19-10-6-4-8-17(19)20(23)22(16-11-12-27(24,25)14-16)13-15-7-3-5-9-18(15)21/h3-10,16H,2,11-14H2,1H3/t16-/m0/s1. The van der Waals surface area contributed by atoms with Crippen molar-refractivity contribution in [2.45, 2.75) is 25.9 Å². The Hall–Kier alpha value is -2.05. The highest BCUT2D eigenvalue weighted by atomic mass is 35.5. The van der Waals surface area contributed by atoms with Gasteiger partial charge < -0.3 is 9.64 Å². The first kappa shape index (κ1) is 19.7. The molecule has 1 aliphatic heterocycles.